The Morgan fingerprint density at radius 1 is 1.30 bits per heavy atom. The smallest absolute Gasteiger partial charge is 0.161 e. The predicted molar refractivity (Wildman–Crippen MR) is 90.3 cm³/mol. The highest BCUT2D eigenvalue weighted by Gasteiger charge is 2.32. The van der Waals surface area contributed by atoms with E-state index in [1.54, 1.807) is 0 Å². The number of nitrogens with zero attached hydrogens (tertiary/aromatic N) is 4. The van der Waals surface area contributed by atoms with Crippen LogP contribution in [-0.2, 0) is 11.2 Å². The fourth-order valence-corrected chi connectivity index (χ4v) is 4.09. The summed E-state index contributed by atoms with van der Waals surface area (Å²) in [7, 11) is 0. The first-order valence-electron chi connectivity index (χ1n) is 8.93. The molecule has 0 saturated carbocycles. The van der Waals surface area contributed by atoms with Crippen LogP contribution < -0.4 is 0 Å². The van der Waals surface area contributed by atoms with E-state index in [9.17, 15) is 0 Å². The zero-order valence-electron chi connectivity index (χ0n) is 14.1. The molecule has 0 N–H and O–H groups in total. The number of ether oxygens (including phenoxy) is 1. The second-order valence-corrected chi connectivity index (χ2v) is 7.04. The van der Waals surface area contributed by atoms with E-state index in [1.165, 1.54) is 19.3 Å². The highest BCUT2D eigenvalue weighted by molar-refractivity contribution is 5.71. The first-order chi connectivity index (χ1) is 11.2. The molecule has 0 radical (unpaired) electrons. The van der Waals surface area contributed by atoms with Crippen molar-refractivity contribution in [1.82, 2.24) is 19.4 Å². The lowest BCUT2D eigenvalue weighted by Crippen LogP contribution is -2.34. The van der Waals surface area contributed by atoms with Crippen LogP contribution in [0.5, 0.6) is 0 Å². The van der Waals surface area contributed by atoms with Gasteiger partial charge in [0.1, 0.15) is 11.3 Å². The molecule has 0 spiro atoms. The van der Waals surface area contributed by atoms with Crippen LogP contribution in [0.4, 0.5) is 0 Å². The molecule has 124 valence electrons. The molecule has 0 aliphatic carbocycles. The summed E-state index contributed by atoms with van der Waals surface area (Å²) >= 11 is 0. The van der Waals surface area contributed by atoms with E-state index in [4.69, 9.17) is 9.72 Å². The number of aromatic nitrogens is 3. The summed E-state index contributed by atoms with van der Waals surface area (Å²) < 4.78 is 8.25. The quantitative estimate of drug-likeness (QED) is 0.869. The molecule has 5 heteroatoms. The molecule has 2 aromatic heterocycles. The minimum Gasteiger partial charge on any atom is -0.378 e. The first kappa shape index (κ1) is 15.1. The summed E-state index contributed by atoms with van der Waals surface area (Å²) in [4.78, 5) is 12.1. The molecule has 2 atom stereocenters. The summed E-state index contributed by atoms with van der Waals surface area (Å²) in [5.41, 5.74) is 2.04. The Hall–Kier alpha value is -1.46. The maximum absolute atomic E-state index is 5.86. The van der Waals surface area contributed by atoms with E-state index in [1.807, 2.05) is 12.3 Å². The number of pyridine rings is 1. The maximum atomic E-state index is 5.86. The molecule has 2 aliphatic rings. The predicted octanol–water partition coefficient (Wildman–Crippen LogP) is 3.16. The van der Waals surface area contributed by atoms with Gasteiger partial charge in [-0.05, 0) is 51.7 Å². The van der Waals surface area contributed by atoms with Gasteiger partial charge in [-0.3, -0.25) is 9.47 Å². The lowest BCUT2D eigenvalue weighted by Gasteiger charge is -2.30. The number of likely N-dealkylation sites (tertiary alicyclic amines) is 1. The lowest BCUT2D eigenvalue weighted by atomic mass is 10.1. The summed E-state index contributed by atoms with van der Waals surface area (Å²) in [6.07, 6.45) is 8.22. The fourth-order valence-electron chi connectivity index (χ4n) is 4.09. The van der Waals surface area contributed by atoms with Gasteiger partial charge in [-0.1, -0.05) is 0 Å². The number of hydrogen-bond donors (Lipinski definition) is 0. The van der Waals surface area contributed by atoms with Crippen molar-refractivity contribution in [2.45, 2.75) is 64.3 Å². The van der Waals surface area contributed by atoms with Gasteiger partial charge in [0.2, 0.25) is 0 Å². The van der Waals surface area contributed by atoms with E-state index in [0.717, 1.165) is 43.0 Å². The van der Waals surface area contributed by atoms with Gasteiger partial charge in [0.25, 0.3) is 0 Å². The van der Waals surface area contributed by atoms with E-state index in [0.29, 0.717) is 18.3 Å². The molecule has 2 unspecified atom stereocenters. The number of hydrogen-bond acceptors (Lipinski definition) is 4. The Morgan fingerprint density at radius 2 is 2.22 bits per heavy atom. The van der Waals surface area contributed by atoms with Crippen LogP contribution in [0.3, 0.4) is 0 Å². The summed E-state index contributed by atoms with van der Waals surface area (Å²) in [5.74, 6) is 1.14. The summed E-state index contributed by atoms with van der Waals surface area (Å²) in [6.45, 7) is 6.62. The SMILES string of the molecule is CC(C)N1CCCC1n1c(CC2CCCO2)nc2cccnc21. The van der Waals surface area contributed by atoms with E-state index < -0.39 is 0 Å². The van der Waals surface area contributed by atoms with Gasteiger partial charge < -0.3 is 4.74 Å². The van der Waals surface area contributed by atoms with Gasteiger partial charge >= 0.3 is 0 Å². The van der Waals surface area contributed by atoms with Gasteiger partial charge in [0.15, 0.2) is 5.65 Å². The molecule has 4 heterocycles. The van der Waals surface area contributed by atoms with Crippen molar-refractivity contribution in [2.24, 2.45) is 0 Å². The Kier molecular flexibility index (Phi) is 4.07. The van der Waals surface area contributed by atoms with Gasteiger partial charge in [-0.25, -0.2) is 9.97 Å². The zero-order chi connectivity index (χ0) is 15.8. The highest BCUT2D eigenvalue weighted by atomic mass is 16.5. The van der Waals surface area contributed by atoms with Crippen molar-refractivity contribution in [3.8, 4) is 0 Å². The average molecular weight is 314 g/mol. The molecular formula is C18H26N4O. The van der Waals surface area contributed by atoms with Crippen molar-refractivity contribution in [2.75, 3.05) is 13.2 Å². The molecule has 2 fully saturated rings. The van der Waals surface area contributed by atoms with Crippen molar-refractivity contribution < 1.29 is 4.74 Å². The van der Waals surface area contributed by atoms with E-state index in [2.05, 4.69) is 34.4 Å². The third-order valence-corrected chi connectivity index (χ3v) is 5.18. The summed E-state index contributed by atoms with van der Waals surface area (Å²) in [5, 5.41) is 0. The van der Waals surface area contributed by atoms with Crippen molar-refractivity contribution in [3.05, 3.63) is 24.2 Å². The van der Waals surface area contributed by atoms with Crippen LogP contribution in [0.1, 0.15) is 51.5 Å². The van der Waals surface area contributed by atoms with Crippen molar-refractivity contribution in [1.29, 1.82) is 0 Å². The van der Waals surface area contributed by atoms with Crippen molar-refractivity contribution >= 4 is 11.2 Å². The monoisotopic (exact) mass is 314 g/mol. The van der Waals surface area contributed by atoms with E-state index in [-0.39, 0.29) is 0 Å². The number of imidazole rings is 1. The molecule has 0 amide bonds. The van der Waals surface area contributed by atoms with Gasteiger partial charge in [-0.15, -0.1) is 0 Å². The molecule has 2 aromatic rings. The van der Waals surface area contributed by atoms with Gasteiger partial charge in [0, 0.05) is 31.8 Å². The Morgan fingerprint density at radius 3 is 3.00 bits per heavy atom. The molecule has 4 rings (SSSR count). The van der Waals surface area contributed by atoms with Crippen LogP contribution in [0.15, 0.2) is 18.3 Å². The number of rotatable bonds is 4. The largest absolute Gasteiger partial charge is 0.378 e. The lowest BCUT2D eigenvalue weighted by molar-refractivity contribution is 0.105. The molecule has 5 nitrogen and oxygen atoms in total. The van der Waals surface area contributed by atoms with Gasteiger partial charge in [0.05, 0.1) is 12.3 Å². The second-order valence-electron chi connectivity index (χ2n) is 7.04. The number of fused-ring (bicyclic) bond motifs is 1. The van der Waals surface area contributed by atoms with Crippen LogP contribution in [0.2, 0.25) is 0 Å². The normalized spacial score (nSPS) is 25.9. The van der Waals surface area contributed by atoms with Crippen LogP contribution in [0, 0.1) is 0 Å². The third kappa shape index (κ3) is 2.76. The molecule has 0 aromatic carbocycles. The van der Waals surface area contributed by atoms with Crippen molar-refractivity contribution in [3.63, 3.8) is 0 Å². The molecule has 0 bridgehead atoms. The maximum Gasteiger partial charge on any atom is 0.161 e. The highest BCUT2D eigenvalue weighted by Crippen LogP contribution is 2.33. The van der Waals surface area contributed by atoms with E-state index >= 15 is 0 Å². The second kappa shape index (κ2) is 6.21. The van der Waals surface area contributed by atoms with Crippen LogP contribution >= 0.6 is 0 Å². The molecule has 23 heavy (non-hydrogen) atoms. The van der Waals surface area contributed by atoms with Crippen LogP contribution in [-0.4, -0.2) is 44.7 Å². The Bertz CT molecular complexity index is 675. The first-order valence-corrected chi connectivity index (χ1v) is 8.93. The minimum absolute atomic E-state index is 0.319. The van der Waals surface area contributed by atoms with Gasteiger partial charge in [-0.2, -0.15) is 0 Å². The summed E-state index contributed by atoms with van der Waals surface area (Å²) in [6, 6.07) is 4.59. The molecule has 2 aliphatic heterocycles. The Labute approximate surface area is 137 Å². The fraction of sp³-hybridized carbons (Fsp3) is 0.667. The standard InChI is InChI=1S/C18H26N4O/c1-13(2)21-10-4-8-17(21)22-16(12-14-6-5-11-23-14)20-15-7-3-9-19-18(15)22/h3,7,9,13-14,17H,4-6,8,10-12H2,1-2H3. The minimum atomic E-state index is 0.319. The average Bonchev–Trinajstić information content (AvgIpc) is 3.25. The Balaban J connectivity index is 1.75. The molecule has 2 saturated heterocycles. The third-order valence-electron chi connectivity index (χ3n) is 5.18. The van der Waals surface area contributed by atoms with Crippen LogP contribution in [0.25, 0.3) is 11.2 Å². The molecular weight excluding hydrogens is 288 g/mol. The topological polar surface area (TPSA) is 43.2 Å². The zero-order valence-corrected chi connectivity index (χ0v) is 14.1.